The van der Waals surface area contributed by atoms with E-state index >= 15 is 0 Å². The van der Waals surface area contributed by atoms with Crippen molar-refractivity contribution >= 4 is 23.3 Å². The van der Waals surface area contributed by atoms with Gasteiger partial charge >= 0.3 is 0 Å². The fourth-order valence-corrected chi connectivity index (χ4v) is 1.89. The van der Waals surface area contributed by atoms with Gasteiger partial charge in [0.15, 0.2) is 5.82 Å². The Morgan fingerprint density at radius 1 is 1.53 bits per heavy atom. The molecule has 1 amide bonds. The second-order valence-electron chi connectivity index (χ2n) is 4.10. The lowest BCUT2D eigenvalue weighted by Gasteiger charge is -2.13. The Labute approximate surface area is 114 Å². The average Bonchev–Trinajstić information content (AvgIpc) is 2.74. The van der Waals surface area contributed by atoms with Crippen LogP contribution in [0.5, 0.6) is 0 Å². The Morgan fingerprint density at radius 2 is 2.26 bits per heavy atom. The van der Waals surface area contributed by atoms with Crippen LogP contribution in [-0.2, 0) is 7.05 Å². The first-order chi connectivity index (χ1) is 8.97. The number of nitrogens with one attached hydrogen (secondary N) is 1. The van der Waals surface area contributed by atoms with Gasteiger partial charge in [-0.15, -0.1) is 10.2 Å². The number of nitrogen functional groups attached to an aromatic ring is 1. The molecule has 100 valence electrons. The molecule has 3 N–H and O–H groups in total. The van der Waals surface area contributed by atoms with Crippen molar-refractivity contribution in [2.24, 2.45) is 7.05 Å². The quantitative estimate of drug-likeness (QED) is 0.815. The smallest absolute Gasteiger partial charge is 0.252 e. The van der Waals surface area contributed by atoms with Crippen LogP contribution in [0.1, 0.15) is 29.1 Å². The monoisotopic (exact) mass is 280 g/mol. The van der Waals surface area contributed by atoms with Gasteiger partial charge in [0.2, 0.25) is 0 Å². The van der Waals surface area contributed by atoms with Gasteiger partial charge in [0, 0.05) is 12.6 Å². The van der Waals surface area contributed by atoms with Crippen LogP contribution in [0.25, 0.3) is 0 Å². The van der Waals surface area contributed by atoms with Crippen LogP contribution in [0.3, 0.4) is 0 Å². The topological polar surface area (TPSA) is 98.7 Å². The fraction of sp³-hybridized carbons (Fsp3) is 0.273. The van der Waals surface area contributed by atoms with Crippen LogP contribution < -0.4 is 11.1 Å². The van der Waals surface area contributed by atoms with Gasteiger partial charge in [-0.25, -0.2) is 4.98 Å². The summed E-state index contributed by atoms with van der Waals surface area (Å²) in [7, 11) is 1.80. The molecule has 0 bridgehead atoms. The van der Waals surface area contributed by atoms with Crippen LogP contribution in [0, 0.1) is 0 Å². The molecule has 0 radical (unpaired) electrons. The van der Waals surface area contributed by atoms with E-state index in [-0.39, 0.29) is 22.9 Å². The highest BCUT2D eigenvalue weighted by Crippen LogP contribution is 2.14. The molecule has 19 heavy (non-hydrogen) atoms. The third-order valence-corrected chi connectivity index (χ3v) is 2.75. The number of amides is 1. The zero-order valence-electron chi connectivity index (χ0n) is 10.5. The molecule has 2 rings (SSSR count). The van der Waals surface area contributed by atoms with E-state index in [4.69, 9.17) is 17.3 Å². The zero-order chi connectivity index (χ0) is 14.0. The van der Waals surface area contributed by atoms with Crippen LogP contribution in [-0.4, -0.2) is 25.7 Å². The number of carbonyl (C=O) groups excluding carboxylic acids is 1. The lowest BCUT2D eigenvalue weighted by atomic mass is 10.2. The number of hydrogen-bond donors (Lipinski definition) is 2. The van der Waals surface area contributed by atoms with Gasteiger partial charge in [0.05, 0.1) is 6.04 Å². The van der Waals surface area contributed by atoms with Gasteiger partial charge in [0.1, 0.15) is 17.3 Å². The van der Waals surface area contributed by atoms with Crippen molar-refractivity contribution < 1.29 is 4.79 Å². The number of aromatic nitrogens is 4. The number of pyridine rings is 1. The van der Waals surface area contributed by atoms with Gasteiger partial charge < -0.3 is 15.6 Å². The van der Waals surface area contributed by atoms with E-state index in [0.717, 1.165) is 0 Å². The highest BCUT2D eigenvalue weighted by Gasteiger charge is 2.16. The highest BCUT2D eigenvalue weighted by atomic mass is 35.5. The maximum Gasteiger partial charge on any atom is 0.252 e. The number of anilines is 1. The second-order valence-corrected chi connectivity index (χ2v) is 4.49. The van der Waals surface area contributed by atoms with Crippen molar-refractivity contribution in [1.29, 1.82) is 0 Å². The SMILES string of the molecule is CC(NC(=O)c1cc(N)nc(Cl)c1)c1nncn1C. The predicted molar refractivity (Wildman–Crippen MR) is 70.5 cm³/mol. The van der Waals surface area contributed by atoms with Gasteiger partial charge in [-0.3, -0.25) is 4.79 Å². The molecule has 0 aliphatic carbocycles. The Balaban J connectivity index is 2.15. The Bertz CT molecular complexity index is 591. The zero-order valence-corrected chi connectivity index (χ0v) is 11.2. The molecule has 7 nitrogen and oxygen atoms in total. The van der Waals surface area contributed by atoms with E-state index in [0.29, 0.717) is 11.4 Å². The van der Waals surface area contributed by atoms with E-state index in [1.54, 1.807) is 17.9 Å². The summed E-state index contributed by atoms with van der Waals surface area (Å²) in [5.74, 6) is 0.553. The van der Waals surface area contributed by atoms with E-state index in [2.05, 4.69) is 20.5 Å². The molecule has 0 saturated carbocycles. The summed E-state index contributed by atoms with van der Waals surface area (Å²) in [6, 6.07) is 2.63. The molecule has 1 atom stereocenters. The minimum absolute atomic E-state index is 0.177. The Morgan fingerprint density at radius 3 is 2.84 bits per heavy atom. The highest BCUT2D eigenvalue weighted by molar-refractivity contribution is 6.29. The minimum Gasteiger partial charge on any atom is -0.384 e. The molecule has 2 heterocycles. The maximum absolute atomic E-state index is 12.1. The summed E-state index contributed by atoms with van der Waals surface area (Å²) in [5, 5.41) is 10.7. The third-order valence-electron chi connectivity index (χ3n) is 2.56. The molecular weight excluding hydrogens is 268 g/mol. The number of hydrogen-bond acceptors (Lipinski definition) is 5. The molecule has 0 aromatic carbocycles. The number of rotatable bonds is 3. The maximum atomic E-state index is 12.1. The first-order valence-corrected chi connectivity index (χ1v) is 5.93. The van der Waals surface area contributed by atoms with Crippen LogP contribution in [0.4, 0.5) is 5.82 Å². The van der Waals surface area contributed by atoms with Crippen LogP contribution in [0.15, 0.2) is 18.5 Å². The van der Waals surface area contributed by atoms with Gasteiger partial charge in [-0.2, -0.15) is 0 Å². The molecule has 8 heteroatoms. The molecule has 2 aromatic heterocycles. The van der Waals surface area contributed by atoms with Crippen molar-refractivity contribution in [2.45, 2.75) is 13.0 Å². The second kappa shape index (κ2) is 5.23. The third kappa shape index (κ3) is 3.00. The summed E-state index contributed by atoms with van der Waals surface area (Å²) in [5.41, 5.74) is 5.90. The van der Waals surface area contributed by atoms with Gasteiger partial charge in [0.25, 0.3) is 5.91 Å². The molecule has 0 fully saturated rings. The number of carbonyl (C=O) groups is 1. The minimum atomic E-state index is -0.300. The van der Waals surface area contributed by atoms with Crippen molar-refractivity contribution in [2.75, 3.05) is 5.73 Å². The van der Waals surface area contributed by atoms with E-state index in [1.807, 2.05) is 6.92 Å². The van der Waals surface area contributed by atoms with Crippen molar-refractivity contribution in [3.8, 4) is 0 Å². The number of halogens is 1. The lowest BCUT2D eigenvalue weighted by Crippen LogP contribution is -2.28. The summed E-state index contributed by atoms with van der Waals surface area (Å²) >= 11 is 5.76. The molecule has 1 unspecified atom stereocenters. The summed E-state index contributed by atoms with van der Waals surface area (Å²) in [6.07, 6.45) is 1.57. The van der Waals surface area contributed by atoms with E-state index in [9.17, 15) is 4.79 Å². The molecule has 0 aliphatic rings. The molecule has 0 aliphatic heterocycles. The molecule has 2 aromatic rings. The number of aryl methyl sites for hydroxylation is 1. The van der Waals surface area contributed by atoms with Gasteiger partial charge in [-0.05, 0) is 19.1 Å². The predicted octanol–water partition coefficient (Wildman–Crippen LogP) is 0.937. The Kier molecular flexibility index (Phi) is 3.66. The van der Waals surface area contributed by atoms with Crippen molar-refractivity contribution in [1.82, 2.24) is 25.1 Å². The van der Waals surface area contributed by atoms with Gasteiger partial charge in [-0.1, -0.05) is 11.6 Å². The largest absolute Gasteiger partial charge is 0.384 e. The lowest BCUT2D eigenvalue weighted by molar-refractivity contribution is 0.0937. The fourth-order valence-electron chi connectivity index (χ4n) is 1.68. The first kappa shape index (κ1) is 13.3. The summed E-state index contributed by atoms with van der Waals surface area (Å²) in [4.78, 5) is 15.9. The normalized spacial score (nSPS) is 12.2. The molecule has 0 spiro atoms. The van der Waals surface area contributed by atoms with Crippen LogP contribution in [0.2, 0.25) is 5.15 Å². The first-order valence-electron chi connectivity index (χ1n) is 5.55. The average molecular weight is 281 g/mol. The van der Waals surface area contributed by atoms with Crippen LogP contribution >= 0.6 is 11.6 Å². The number of nitrogens with two attached hydrogens (primary N) is 1. The van der Waals surface area contributed by atoms with Crippen molar-refractivity contribution in [3.63, 3.8) is 0 Å². The Hall–Kier alpha value is -2.15. The van der Waals surface area contributed by atoms with E-state index in [1.165, 1.54) is 12.1 Å². The summed E-state index contributed by atoms with van der Waals surface area (Å²) < 4.78 is 1.73. The standard InChI is InChI=1S/C11H13ClN6O/c1-6(10-17-14-5-18(10)2)15-11(19)7-3-8(12)16-9(13)4-7/h3-6H,1-2H3,(H2,13,16)(H,15,19). The molecular formula is C11H13ClN6O. The van der Waals surface area contributed by atoms with E-state index < -0.39 is 0 Å². The molecule has 0 saturated heterocycles. The van der Waals surface area contributed by atoms with Crippen molar-refractivity contribution in [3.05, 3.63) is 35.0 Å². The summed E-state index contributed by atoms with van der Waals surface area (Å²) in [6.45, 7) is 1.81. The number of nitrogens with zero attached hydrogens (tertiary/aromatic N) is 4.